The Bertz CT molecular complexity index is 1470. The van der Waals surface area contributed by atoms with E-state index in [1.807, 2.05) is 18.2 Å². The average Bonchev–Trinajstić information content (AvgIpc) is 3.53. The zero-order chi connectivity index (χ0) is 26.0. The number of alkyl halides is 2. The number of nitrogens with one attached hydrogen (secondary N) is 3. The van der Waals surface area contributed by atoms with Gasteiger partial charge in [0.05, 0.1) is 6.61 Å². The van der Waals surface area contributed by atoms with E-state index in [0.29, 0.717) is 12.3 Å². The Balaban J connectivity index is 1.46. The third kappa shape index (κ3) is 4.88. The molecule has 3 heterocycles. The molecule has 0 spiro atoms. The van der Waals surface area contributed by atoms with Gasteiger partial charge in [0.25, 0.3) is 0 Å². The molecule has 0 radical (unpaired) electrons. The van der Waals surface area contributed by atoms with Crippen molar-refractivity contribution in [3.8, 4) is 0 Å². The normalized spacial score (nSPS) is 13.0. The number of amides is 1. The number of rotatable bonds is 9. The highest BCUT2D eigenvalue weighted by molar-refractivity contribution is 5.98. The molecule has 1 aliphatic rings. The van der Waals surface area contributed by atoms with Gasteiger partial charge < -0.3 is 25.3 Å². The second-order valence-corrected chi connectivity index (χ2v) is 8.68. The van der Waals surface area contributed by atoms with Gasteiger partial charge in [-0.05, 0) is 54.5 Å². The van der Waals surface area contributed by atoms with Crippen molar-refractivity contribution in [1.82, 2.24) is 15.0 Å². The number of aromatic amines is 1. The number of halogens is 2. The molecule has 0 atom stereocenters. The topological polar surface area (TPSA) is 95.2 Å². The van der Waals surface area contributed by atoms with E-state index in [4.69, 9.17) is 4.74 Å². The number of hydrogen-bond acceptors (Lipinski definition) is 6. The van der Waals surface area contributed by atoms with Crippen molar-refractivity contribution >= 4 is 40.0 Å². The first-order chi connectivity index (χ1) is 17.9. The number of carbonyl (C=O) groups is 1. The molecule has 1 aliphatic heterocycles. The van der Waals surface area contributed by atoms with Gasteiger partial charge in [-0.25, -0.2) is 4.98 Å². The number of methoxy groups -OCH3 is 1. The van der Waals surface area contributed by atoms with E-state index >= 15 is 8.78 Å². The Morgan fingerprint density at radius 2 is 2.08 bits per heavy atom. The van der Waals surface area contributed by atoms with E-state index in [1.54, 1.807) is 13.3 Å². The fourth-order valence-corrected chi connectivity index (χ4v) is 4.47. The molecule has 10 heteroatoms. The van der Waals surface area contributed by atoms with E-state index in [0.717, 1.165) is 36.8 Å². The van der Waals surface area contributed by atoms with Gasteiger partial charge in [0.2, 0.25) is 11.9 Å². The number of nitrogens with zero attached hydrogens (tertiary/aromatic N) is 3. The predicted molar refractivity (Wildman–Crippen MR) is 140 cm³/mol. The summed E-state index contributed by atoms with van der Waals surface area (Å²) in [6, 6.07) is 12.9. The fourth-order valence-electron chi connectivity index (χ4n) is 4.47. The molecule has 2 aromatic heterocycles. The summed E-state index contributed by atoms with van der Waals surface area (Å²) >= 11 is 0. The first-order valence-electron chi connectivity index (χ1n) is 11.8. The molecule has 4 aromatic rings. The van der Waals surface area contributed by atoms with Crippen molar-refractivity contribution < 1.29 is 18.3 Å². The molecule has 0 fully saturated rings. The molecule has 0 saturated carbocycles. The minimum atomic E-state index is -3.46. The Labute approximate surface area is 212 Å². The lowest BCUT2D eigenvalue weighted by molar-refractivity contribution is -0.111. The van der Waals surface area contributed by atoms with E-state index < -0.39 is 17.5 Å². The second-order valence-electron chi connectivity index (χ2n) is 8.68. The van der Waals surface area contributed by atoms with Crippen LogP contribution in [0.15, 0.2) is 67.4 Å². The summed E-state index contributed by atoms with van der Waals surface area (Å²) in [6.45, 7) is 5.73. The third-order valence-corrected chi connectivity index (χ3v) is 6.28. The molecule has 37 heavy (non-hydrogen) atoms. The van der Waals surface area contributed by atoms with Gasteiger partial charge in [-0.2, -0.15) is 13.8 Å². The van der Waals surface area contributed by atoms with Crippen LogP contribution >= 0.6 is 0 Å². The Kier molecular flexibility index (Phi) is 6.58. The van der Waals surface area contributed by atoms with E-state index in [1.165, 1.54) is 30.3 Å². The van der Waals surface area contributed by atoms with Crippen LogP contribution in [0.3, 0.4) is 0 Å². The van der Waals surface area contributed by atoms with Gasteiger partial charge in [-0.15, -0.1) is 0 Å². The smallest absolute Gasteiger partial charge is 0.315 e. The number of hydrogen-bond donors (Lipinski definition) is 3. The van der Waals surface area contributed by atoms with Gasteiger partial charge >= 0.3 is 5.92 Å². The molecule has 2 aromatic carbocycles. The van der Waals surface area contributed by atoms with Crippen molar-refractivity contribution in [1.29, 1.82) is 0 Å². The van der Waals surface area contributed by atoms with Crippen molar-refractivity contribution in [3.63, 3.8) is 0 Å². The number of ether oxygens (including phenoxy) is 1. The van der Waals surface area contributed by atoms with Crippen LogP contribution in [0.1, 0.15) is 16.8 Å². The Hall–Kier alpha value is -4.31. The first-order valence-corrected chi connectivity index (χ1v) is 11.8. The van der Waals surface area contributed by atoms with Gasteiger partial charge in [0.1, 0.15) is 11.3 Å². The van der Waals surface area contributed by atoms with Crippen molar-refractivity contribution in [3.05, 3.63) is 84.2 Å². The second kappa shape index (κ2) is 9.98. The van der Waals surface area contributed by atoms with Gasteiger partial charge in [0, 0.05) is 54.4 Å². The molecule has 5 rings (SSSR count). The highest BCUT2D eigenvalue weighted by Gasteiger charge is 2.38. The molecular formula is C27H26F2N6O2. The molecule has 1 amide bonds. The van der Waals surface area contributed by atoms with E-state index in [2.05, 4.69) is 37.1 Å². The van der Waals surface area contributed by atoms with Crippen LogP contribution in [0, 0.1) is 0 Å². The maximum absolute atomic E-state index is 15.9. The molecule has 0 bridgehead atoms. The lowest BCUT2D eigenvalue weighted by atomic mass is 10.0. The lowest BCUT2D eigenvalue weighted by Crippen LogP contribution is -2.24. The standard InChI is InChI=1S/C27H26F2N6O2/c1-3-23(36)31-19-6-4-5-18(16-19)27(28,29)24-21-9-11-30-25(21)34-26(33-24)32-20-7-8-22-17(15-20)10-12-35(22)13-14-37-2/h3-9,11,15-16H,1,10,12-14H2,2H3,(H,31,36)(H2,30,32,33,34). The van der Waals surface area contributed by atoms with Crippen LogP contribution in [-0.4, -0.2) is 47.7 Å². The van der Waals surface area contributed by atoms with Gasteiger partial charge in [-0.1, -0.05) is 18.7 Å². The van der Waals surface area contributed by atoms with Crippen LogP contribution in [0.5, 0.6) is 0 Å². The zero-order valence-electron chi connectivity index (χ0n) is 20.2. The molecule has 0 unspecified atom stereocenters. The monoisotopic (exact) mass is 504 g/mol. The number of H-pyrrole nitrogens is 1. The number of benzene rings is 2. The van der Waals surface area contributed by atoms with Crippen LogP contribution in [-0.2, 0) is 21.9 Å². The minimum Gasteiger partial charge on any atom is -0.383 e. The number of aromatic nitrogens is 3. The average molecular weight is 505 g/mol. The fraction of sp³-hybridized carbons (Fsp3) is 0.222. The number of carbonyl (C=O) groups excluding carboxylic acids is 1. The highest BCUT2D eigenvalue weighted by Crippen LogP contribution is 2.39. The lowest BCUT2D eigenvalue weighted by Gasteiger charge is -2.20. The summed E-state index contributed by atoms with van der Waals surface area (Å²) in [7, 11) is 1.68. The molecule has 0 saturated heterocycles. The van der Waals surface area contributed by atoms with Crippen molar-refractivity contribution in [2.75, 3.05) is 42.3 Å². The number of anilines is 4. The molecule has 0 aliphatic carbocycles. The predicted octanol–water partition coefficient (Wildman–Crippen LogP) is 4.98. The van der Waals surface area contributed by atoms with E-state index in [-0.39, 0.29) is 28.2 Å². The van der Waals surface area contributed by atoms with Gasteiger partial charge in [0.15, 0.2) is 0 Å². The van der Waals surface area contributed by atoms with Crippen molar-refractivity contribution in [2.45, 2.75) is 12.3 Å². The minimum absolute atomic E-state index is 0.0509. The summed E-state index contributed by atoms with van der Waals surface area (Å²) in [5.74, 6) is -3.90. The molecule has 190 valence electrons. The van der Waals surface area contributed by atoms with Crippen LogP contribution in [0.2, 0.25) is 0 Å². The van der Waals surface area contributed by atoms with Gasteiger partial charge in [-0.3, -0.25) is 4.79 Å². The highest BCUT2D eigenvalue weighted by atomic mass is 19.3. The molecular weight excluding hydrogens is 478 g/mol. The van der Waals surface area contributed by atoms with Crippen LogP contribution in [0.25, 0.3) is 11.0 Å². The third-order valence-electron chi connectivity index (χ3n) is 6.28. The maximum atomic E-state index is 15.9. The Morgan fingerprint density at radius 3 is 2.89 bits per heavy atom. The molecule has 3 N–H and O–H groups in total. The largest absolute Gasteiger partial charge is 0.383 e. The summed E-state index contributed by atoms with van der Waals surface area (Å²) < 4.78 is 36.9. The molecule has 8 nitrogen and oxygen atoms in total. The SMILES string of the molecule is C=CC(=O)Nc1cccc(C(F)(F)c2nc(Nc3ccc4c(c3)CCN4CCOC)nc3[nH]ccc23)c1. The quantitative estimate of drug-likeness (QED) is 0.279. The summed E-state index contributed by atoms with van der Waals surface area (Å²) in [6.07, 6.45) is 3.51. The summed E-state index contributed by atoms with van der Waals surface area (Å²) in [5, 5.41) is 5.82. The first kappa shape index (κ1) is 24.4. The van der Waals surface area contributed by atoms with Crippen molar-refractivity contribution in [2.24, 2.45) is 0 Å². The van der Waals surface area contributed by atoms with Crippen LogP contribution in [0.4, 0.5) is 31.8 Å². The summed E-state index contributed by atoms with van der Waals surface area (Å²) in [5.41, 5.74) is 2.77. The summed E-state index contributed by atoms with van der Waals surface area (Å²) in [4.78, 5) is 25.5. The number of fused-ring (bicyclic) bond motifs is 2. The van der Waals surface area contributed by atoms with Crippen LogP contribution < -0.4 is 15.5 Å². The zero-order valence-corrected chi connectivity index (χ0v) is 20.2. The Morgan fingerprint density at radius 1 is 1.22 bits per heavy atom. The van der Waals surface area contributed by atoms with E-state index in [9.17, 15) is 4.79 Å². The maximum Gasteiger partial charge on any atom is 0.315 e.